The second-order valence-corrected chi connectivity index (χ2v) is 4.68. The van der Waals surface area contributed by atoms with E-state index in [1.165, 1.54) is 17.2 Å². The summed E-state index contributed by atoms with van der Waals surface area (Å²) in [7, 11) is 0. The fourth-order valence-electron chi connectivity index (χ4n) is 2.37. The first kappa shape index (κ1) is 10.7. The van der Waals surface area contributed by atoms with Crippen molar-refractivity contribution in [2.75, 3.05) is 13.2 Å². The highest BCUT2D eigenvalue weighted by atomic mass is 19.1. The van der Waals surface area contributed by atoms with E-state index in [1.807, 2.05) is 0 Å². The van der Waals surface area contributed by atoms with Crippen LogP contribution in [0.25, 0.3) is 0 Å². The first-order valence-electron chi connectivity index (χ1n) is 5.93. The summed E-state index contributed by atoms with van der Waals surface area (Å²) in [6.07, 6.45) is 2.56. The average molecular weight is 235 g/mol. The first-order chi connectivity index (χ1) is 8.22. The molecule has 1 saturated heterocycles. The van der Waals surface area contributed by atoms with Gasteiger partial charge in [-0.15, -0.1) is 0 Å². The van der Waals surface area contributed by atoms with E-state index in [2.05, 4.69) is 0 Å². The summed E-state index contributed by atoms with van der Waals surface area (Å²) in [6.45, 7) is 1.28. The summed E-state index contributed by atoms with van der Waals surface area (Å²) < 4.78 is 12.9. The number of hydrogen-bond donors (Lipinski definition) is 0. The van der Waals surface area contributed by atoms with Crippen molar-refractivity contribution in [1.29, 1.82) is 0 Å². The zero-order valence-corrected chi connectivity index (χ0v) is 9.49. The molecule has 2 aliphatic rings. The van der Waals surface area contributed by atoms with Gasteiger partial charge in [0.15, 0.2) is 0 Å². The molecule has 1 heterocycles. The molecule has 0 N–H and O–H groups in total. The van der Waals surface area contributed by atoms with Gasteiger partial charge < -0.3 is 0 Å². The summed E-state index contributed by atoms with van der Waals surface area (Å²) in [5, 5.41) is 1.47. The van der Waals surface area contributed by atoms with Crippen LogP contribution in [-0.4, -0.2) is 24.1 Å². The topological polar surface area (TPSA) is 29.5 Å². The Hall–Kier alpha value is -1.42. The Morgan fingerprint density at radius 2 is 2.00 bits per heavy atom. The van der Waals surface area contributed by atoms with E-state index in [-0.39, 0.29) is 11.7 Å². The standard InChI is InChI=1S/C13H14FNO2/c14-11-4-2-10(3-5-11)13(6-7-13)12(16)15-8-1-9-17-15/h2-5H,1,6-9H2. The van der Waals surface area contributed by atoms with Gasteiger partial charge in [0.2, 0.25) is 0 Å². The minimum absolute atomic E-state index is 0.0293. The van der Waals surface area contributed by atoms with Crippen LogP contribution in [-0.2, 0) is 15.0 Å². The van der Waals surface area contributed by atoms with Gasteiger partial charge in [-0.1, -0.05) is 12.1 Å². The van der Waals surface area contributed by atoms with Gasteiger partial charge in [0, 0.05) is 0 Å². The monoisotopic (exact) mass is 235 g/mol. The van der Waals surface area contributed by atoms with Gasteiger partial charge in [-0.05, 0) is 37.0 Å². The van der Waals surface area contributed by atoms with E-state index in [0.29, 0.717) is 13.2 Å². The number of hydroxylamine groups is 2. The van der Waals surface area contributed by atoms with Crippen molar-refractivity contribution < 1.29 is 14.0 Å². The summed E-state index contributed by atoms with van der Waals surface area (Å²) >= 11 is 0. The molecule has 1 aliphatic carbocycles. The van der Waals surface area contributed by atoms with Crippen LogP contribution in [0.1, 0.15) is 24.8 Å². The van der Waals surface area contributed by atoms with Crippen LogP contribution in [0.2, 0.25) is 0 Å². The van der Waals surface area contributed by atoms with Crippen LogP contribution in [0.5, 0.6) is 0 Å². The molecule has 0 unspecified atom stereocenters. The number of rotatable bonds is 2. The molecular formula is C13H14FNO2. The van der Waals surface area contributed by atoms with E-state index in [0.717, 1.165) is 24.8 Å². The molecule has 0 aromatic heterocycles. The van der Waals surface area contributed by atoms with Gasteiger partial charge in [0.1, 0.15) is 5.82 Å². The average Bonchev–Trinajstić information content (AvgIpc) is 2.97. The molecule has 0 radical (unpaired) electrons. The van der Waals surface area contributed by atoms with Crippen molar-refractivity contribution in [3.8, 4) is 0 Å². The van der Waals surface area contributed by atoms with E-state index in [9.17, 15) is 9.18 Å². The van der Waals surface area contributed by atoms with Crippen LogP contribution < -0.4 is 0 Å². The molecule has 0 spiro atoms. The third-order valence-corrected chi connectivity index (χ3v) is 3.54. The number of carbonyl (C=O) groups is 1. The van der Waals surface area contributed by atoms with Crippen molar-refractivity contribution in [1.82, 2.24) is 5.06 Å². The molecule has 1 aliphatic heterocycles. The molecule has 17 heavy (non-hydrogen) atoms. The van der Waals surface area contributed by atoms with Crippen molar-refractivity contribution >= 4 is 5.91 Å². The SMILES string of the molecule is O=C(N1CCCO1)C1(c2ccc(F)cc2)CC1. The lowest BCUT2D eigenvalue weighted by molar-refractivity contribution is -0.171. The Balaban J connectivity index is 1.85. The van der Waals surface area contributed by atoms with E-state index in [4.69, 9.17) is 4.84 Å². The number of amides is 1. The fourth-order valence-corrected chi connectivity index (χ4v) is 2.37. The molecule has 1 saturated carbocycles. The zero-order chi connectivity index (χ0) is 11.9. The quantitative estimate of drug-likeness (QED) is 0.785. The van der Waals surface area contributed by atoms with Crippen LogP contribution >= 0.6 is 0 Å². The number of hydrogen-bond acceptors (Lipinski definition) is 2. The molecule has 1 amide bonds. The molecule has 1 aromatic rings. The number of carbonyl (C=O) groups excluding carboxylic acids is 1. The number of halogens is 1. The van der Waals surface area contributed by atoms with E-state index in [1.54, 1.807) is 12.1 Å². The van der Waals surface area contributed by atoms with Gasteiger partial charge in [-0.25, -0.2) is 9.45 Å². The molecule has 3 rings (SSSR count). The Kier molecular flexibility index (Phi) is 2.40. The minimum atomic E-state index is -0.446. The van der Waals surface area contributed by atoms with E-state index < -0.39 is 5.41 Å². The van der Waals surface area contributed by atoms with Crippen LogP contribution in [0.4, 0.5) is 4.39 Å². The number of nitrogens with zero attached hydrogens (tertiary/aromatic N) is 1. The van der Waals surface area contributed by atoms with Gasteiger partial charge in [0.25, 0.3) is 5.91 Å². The third-order valence-electron chi connectivity index (χ3n) is 3.54. The molecular weight excluding hydrogens is 221 g/mol. The lowest BCUT2D eigenvalue weighted by atomic mass is 9.95. The summed E-state index contributed by atoms with van der Waals surface area (Å²) in [4.78, 5) is 17.6. The normalized spacial score (nSPS) is 21.6. The van der Waals surface area contributed by atoms with Crippen molar-refractivity contribution in [2.45, 2.75) is 24.7 Å². The Morgan fingerprint density at radius 3 is 2.53 bits per heavy atom. The lowest BCUT2D eigenvalue weighted by Crippen LogP contribution is -2.36. The maximum Gasteiger partial charge on any atom is 0.256 e. The highest BCUT2D eigenvalue weighted by molar-refractivity contribution is 5.90. The van der Waals surface area contributed by atoms with Crippen molar-refractivity contribution in [3.63, 3.8) is 0 Å². The van der Waals surface area contributed by atoms with Crippen molar-refractivity contribution in [3.05, 3.63) is 35.6 Å². The maximum atomic E-state index is 12.9. The predicted octanol–water partition coefficient (Wildman–Crippen LogP) is 2.02. The smallest absolute Gasteiger partial charge is 0.256 e. The molecule has 90 valence electrons. The Labute approximate surface area is 99.1 Å². The summed E-state index contributed by atoms with van der Waals surface area (Å²) in [5.41, 5.74) is 0.456. The summed E-state index contributed by atoms with van der Waals surface area (Å²) in [6, 6.07) is 6.23. The Morgan fingerprint density at radius 1 is 1.29 bits per heavy atom. The molecule has 0 atom stereocenters. The zero-order valence-electron chi connectivity index (χ0n) is 9.49. The first-order valence-corrected chi connectivity index (χ1v) is 5.93. The predicted molar refractivity (Wildman–Crippen MR) is 59.6 cm³/mol. The molecule has 4 heteroatoms. The van der Waals surface area contributed by atoms with Crippen molar-refractivity contribution in [2.24, 2.45) is 0 Å². The third kappa shape index (κ3) is 1.72. The van der Waals surface area contributed by atoms with Crippen LogP contribution in [0, 0.1) is 5.82 Å². The van der Waals surface area contributed by atoms with Gasteiger partial charge in [-0.2, -0.15) is 0 Å². The maximum absolute atomic E-state index is 12.9. The fraction of sp³-hybridized carbons (Fsp3) is 0.462. The second-order valence-electron chi connectivity index (χ2n) is 4.68. The molecule has 0 bridgehead atoms. The highest BCUT2D eigenvalue weighted by Gasteiger charge is 2.53. The molecule has 3 nitrogen and oxygen atoms in total. The second kappa shape index (κ2) is 3.81. The largest absolute Gasteiger partial charge is 0.272 e. The molecule has 1 aromatic carbocycles. The van der Waals surface area contributed by atoms with Gasteiger partial charge in [0.05, 0.1) is 18.6 Å². The number of benzene rings is 1. The minimum Gasteiger partial charge on any atom is -0.272 e. The van der Waals surface area contributed by atoms with E-state index >= 15 is 0 Å². The Bertz CT molecular complexity index is 433. The van der Waals surface area contributed by atoms with Gasteiger partial charge in [-0.3, -0.25) is 9.63 Å². The molecule has 2 fully saturated rings. The lowest BCUT2D eigenvalue weighted by Gasteiger charge is -2.21. The van der Waals surface area contributed by atoms with Crippen LogP contribution in [0.15, 0.2) is 24.3 Å². The van der Waals surface area contributed by atoms with Gasteiger partial charge >= 0.3 is 0 Å². The summed E-state index contributed by atoms with van der Waals surface area (Å²) in [5.74, 6) is -0.240. The van der Waals surface area contributed by atoms with Crippen LogP contribution in [0.3, 0.4) is 0 Å². The highest BCUT2D eigenvalue weighted by Crippen LogP contribution is 2.49.